The fourth-order valence-electron chi connectivity index (χ4n) is 3.90. The van der Waals surface area contributed by atoms with Gasteiger partial charge in [-0.1, -0.05) is 30.3 Å². The maximum Gasteiger partial charge on any atom is 0.416 e. The Morgan fingerprint density at radius 1 is 0.938 bits per heavy atom. The molecule has 0 fully saturated rings. The average molecular weight is 438 g/mol. The number of fused-ring (bicyclic) bond motifs is 1. The molecule has 0 saturated heterocycles. The first-order chi connectivity index (χ1) is 15.4. The molecule has 32 heavy (non-hydrogen) atoms. The van der Waals surface area contributed by atoms with E-state index in [0.29, 0.717) is 30.2 Å². The molecule has 162 valence electrons. The molecule has 6 nitrogen and oxygen atoms in total. The SMILES string of the molecule is O=c1c(-c2cccc(C(F)(F)F)c2)c(-c2ccnc(Oc3ccccc3)n2)n2n1CCC2. The zero-order chi connectivity index (χ0) is 22.3. The first-order valence-corrected chi connectivity index (χ1v) is 9.99. The highest BCUT2D eigenvalue weighted by Gasteiger charge is 2.32. The molecule has 1 aliphatic rings. The fraction of sp³-hybridized carbons (Fsp3) is 0.174. The van der Waals surface area contributed by atoms with Crippen LogP contribution in [0, 0.1) is 0 Å². The summed E-state index contributed by atoms with van der Waals surface area (Å²) in [6, 6.07) is 15.5. The minimum atomic E-state index is -4.51. The van der Waals surface area contributed by atoms with Crippen molar-refractivity contribution in [3.63, 3.8) is 0 Å². The van der Waals surface area contributed by atoms with Crippen LogP contribution in [0.3, 0.4) is 0 Å². The number of aromatic nitrogens is 4. The van der Waals surface area contributed by atoms with Gasteiger partial charge in [-0.25, -0.2) is 9.67 Å². The van der Waals surface area contributed by atoms with E-state index in [-0.39, 0.29) is 22.7 Å². The first kappa shape index (κ1) is 20.0. The van der Waals surface area contributed by atoms with Crippen LogP contribution in [0.25, 0.3) is 22.5 Å². The van der Waals surface area contributed by atoms with Gasteiger partial charge in [0.05, 0.1) is 22.5 Å². The number of nitrogens with zero attached hydrogens (tertiary/aromatic N) is 4. The topological polar surface area (TPSA) is 61.9 Å². The fourth-order valence-corrected chi connectivity index (χ4v) is 3.90. The van der Waals surface area contributed by atoms with E-state index in [1.165, 1.54) is 18.3 Å². The van der Waals surface area contributed by atoms with Gasteiger partial charge < -0.3 is 4.74 Å². The number of ether oxygens (including phenoxy) is 1. The Balaban J connectivity index is 1.66. The number of halogens is 3. The first-order valence-electron chi connectivity index (χ1n) is 9.99. The van der Waals surface area contributed by atoms with E-state index in [4.69, 9.17) is 4.74 Å². The highest BCUT2D eigenvalue weighted by molar-refractivity contribution is 5.79. The van der Waals surface area contributed by atoms with Crippen molar-refractivity contribution in [2.75, 3.05) is 0 Å². The minimum absolute atomic E-state index is 0.0784. The van der Waals surface area contributed by atoms with E-state index < -0.39 is 11.7 Å². The van der Waals surface area contributed by atoms with Gasteiger partial charge in [0.2, 0.25) is 0 Å². The summed E-state index contributed by atoms with van der Waals surface area (Å²) in [7, 11) is 0. The smallest absolute Gasteiger partial charge is 0.416 e. The van der Waals surface area contributed by atoms with Crippen LogP contribution in [0.15, 0.2) is 71.7 Å². The van der Waals surface area contributed by atoms with E-state index in [0.717, 1.165) is 18.6 Å². The summed E-state index contributed by atoms with van der Waals surface area (Å²) in [5.74, 6) is 0.544. The third-order valence-electron chi connectivity index (χ3n) is 5.28. The van der Waals surface area contributed by atoms with Crippen LogP contribution < -0.4 is 10.3 Å². The van der Waals surface area contributed by atoms with E-state index in [2.05, 4.69) is 9.97 Å². The lowest BCUT2D eigenvalue weighted by molar-refractivity contribution is -0.137. The lowest BCUT2D eigenvalue weighted by Crippen LogP contribution is -2.17. The van der Waals surface area contributed by atoms with Crippen molar-refractivity contribution >= 4 is 0 Å². The Kier molecular flexibility index (Phi) is 4.80. The van der Waals surface area contributed by atoms with Gasteiger partial charge in [-0.3, -0.25) is 9.48 Å². The molecule has 0 unspecified atom stereocenters. The summed E-state index contributed by atoms with van der Waals surface area (Å²) in [4.78, 5) is 21.8. The highest BCUT2D eigenvalue weighted by Crippen LogP contribution is 2.36. The molecule has 0 saturated carbocycles. The molecule has 0 N–H and O–H groups in total. The monoisotopic (exact) mass is 438 g/mol. The second-order valence-electron chi connectivity index (χ2n) is 7.35. The summed E-state index contributed by atoms with van der Waals surface area (Å²) < 4.78 is 48.9. The van der Waals surface area contributed by atoms with Gasteiger partial charge in [0.1, 0.15) is 5.75 Å². The molecule has 0 radical (unpaired) electrons. The molecule has 1 aliphatic heterocycles. The van der Waals surface area contributed by atoms with Crippen molar-refractivity contribution in [1.82, 2.24) is 19.3 Å². The van der Waals surface area contributed by atoms with Crippen molar-refractivity contribution in [1.29, 1.82) is 0 Å². The maximum atomic E-state index is 13.3. The summed E-state index contributed by atoms with van der Waals surface area (Å²) in [5.41, 5.74) is 0.0650. The molecule has 5 rings (SSSR count). The largest absolute Gasteiger partial charge is 0.424 e. The maximum absolute atomic E-state index is 13.3. The summed E-state index contributed by atoms with van der Waals surface area (Å²) in [5, 5.41) is 0. The van der Waals surface area contributed by atoms with Gasteiger partial charge >= 0.3 is 12.2 Å². The van der Waals surface area contributed by atoms with E-state index >= 15 is 0 Å². The quantitative estimate of drug-likeness (QED) is 0.451. The Hall–Kier alpha value is -3.88. The van der Waals surface area contributed by atoms with Gasteiger partial charge in [-0.05, 0) is 42.3 Å². The summed E-state index contributed by atoms with van der Waals surface area (Å²) in [6.45, 7) is 1.05. The van der Waals surface area contributed by atoms with Crippen LogP contribution in [0.1, 0.15) is 12.0 Å². The minimum Gasteiger partial charge on any atom is -0.424 e. The number of para-hydroxylation sites is 1. The highest BCUT2D eigenvalue weighted by atomic mass is 19.4. The predicted molar refractivity (Wildman–Crippen MR) is 111 cm³/mol. The van der Waals surface area contributed by atoms with Crippen molar-refractivity contribution in [3.05, 3.63) is 82.8 Å². The molecule has 0 aliphatic carbocycles. The van der Waals surface area contributed by atoms with E-state index in [1.54, 1.807) is 27.6 Å². The van der Waals surface area contributed by atoms with Gasteiger partial charge in [-0.15, -0.1) is 0 Å². The molecule has 2 aromatic heterocycles. The van der Waals surface area contributed by atoms with Crippen LogP contribution in [-0.2, 0) is 19.3 Å². The lowest BCUT2D eigenvalue weighted by atomic mass is 10.0. The molecule has 0 bridgehead atoms. The summed E-state index contributed by atoms with van der Waals surface area (Å²) >= 11 is 0. The Labute approximate surface area is 180 Å². The molecule has 0 amide bonds. The molecule has 0 atom stereocenters. The third-order valence-corrected chi connectivity index (χ3v) is 5.28. The Morgan fingerprint density at radius 3 is 2.50 bits per heavy atom. The Morgan fingerprint density at radius 2 is 1.72 bits per heavy atom. The lowest BCUT2D eigenvalue weighted by Gasteiger charge is -2.11. The summed E-state index contributed by atoms with van der Waals surface area (Å²) in [6.07, 6.45) is -2.26. The number of benzene rings is 2. The van der Waals surface area contributed by atoms with Crippen molar-refractivity contribution in [2.24, 2.45) is 0 Å². The number of hydrogen-bond acceptors (Lipinski definition) is 4. The number of alkyl halides is 3. The molecule has 0 spiro atoms. The van der Waals surface area contributed by atoms with Crippen molar-refractivity contribution in [3.8, 4) is 34.3 Å². The molecule has 3 heterocycles. The second kappa shape index (κ2) is 7.67. The van der Waals surface area contributed by atoms with Gasteiger partial charge in [0.15, 0.2) is 0 Å². The standard InChI is InChI=1S/C23H17F3N4O2/c24-23(25,26)16-7-4-6-15(14-16)19-20(29-12-5-13-30(29)21(19)31)18-10-11-27-22(28-18)32-17-8-2-1-3-9-17/h1-4,6-11,14H,5,12-13H2. The van der Waals surface area contributed by atoms with E-state index in [9.17, 15) is 18.0 Å². The van der Waals surface area contributed by atoms with Gasteiger partial charge in [-0.2, -0.15) is 18.2 Å². The Bertz CT molecular complexity index is 1340. The molecular formula is C23H17F3N4O2. The zero-order valence-electron chi connectivity index (χ0n) is 16.7. The van der Waals surface area contributed by atoms with Crippen LogP contribution in [0.2, 0.25) is 0 Å². The van der Waals surface area contributed by atoms with Crippen LogP contribution in [-0.4, -0.2) is 19.3 Å². The number of hydrogen-bond donors (Lipinski definition) is 0. The van der Waals surface area contributed by atoms with Crippen molar-refractivity contribution < 1.29 is 17.9 Å². The predicted octanol–water partition coefficient (Wildman–Crippen LogP) is 4.99. The normalized spacial score (nSPS) is 13.2. The van der Waals surface area contributed by atoms with Gasteiger partial charge in [0, 0.05) is 19.3 Å². The zero-order valence-corrected chi connectivity index (χ0v) is 16.7. The molecule has 2 aromatic carbocycles. The molecular weight excluding hydrogens is 421 g/mol. The van der Waals surface area contributed by atoms with Crippen LogP contribution in [0.4, 0.5) is 13.2 Å². The van der Waals surface area contributed by atoms with Crippen molar-refractivity contribution in [2.45, 2.75) is 25.7 Å². The number of rotatable bonds is 4. The third kappa shape index (κ3) is 3.55. The average Bonchev–Trinajstić information content (AvgIpc) is 3.36. The van der Waals surface area contributed by atoms with Crippen LogP contribution in [0.5, 0.6) is 11.8 Å². The molecule has 4 aromatic rings. The molecule has 9 heteroatoms. The van der Waals surface area contributed by atoms with Crippen LogP contribution >= 0.6 is 0 Å². The van der Waals surface area contributed by atoms with E-state index in [1.807, 2.05) is 18.2 Å². The second-order valence-corrected chi connectivity index (χ2v) is 7.35. The van der Waals surface area contributed by atoms with Gasteiger partial charge in [0.25, 0.3) is 5.56 Å².